The van der Waals surface area contributed by atoms with Crippen molar-refractivity contribution >= 4 is 44.8 Å². The van der Waals surface area contributed by atoms with Crippen LogP contribution in [-0.4, -0.2) is 56.8 Å². The molecule has 2 aliphatic rings. The lowest BCUT2D eigenvalue weighted by molar-refractivity contribution is -0.384. The molecular formula is C30H32N4O6S2. The molecule has 5 rings (SSSR count). The minimum absolute atomic E-state index is 0.0930. The summed E-state index contributed by atoms with van der Waals surface area (Å²) in [5, 5.41) is 14.7. The quantitative estimate of drug-likeness (QED) is 0.104. The number of sulfonamides is 1. The second kappa shape index (κ2) is 13.0. The van der Waals surface area contributed by atoms with Crippen LogP contribution < -0.4 is 14.9 Å². The number of nitrogens with zero attached hydrogens (tertiary/aromatic N) is 2. The van der Waals surface area contributed by atoms with Gasteiger partial charge < -0.3 is 15.0 Å². The van der Waals surface area contributed by atoms with E-state index >= 15 is 0 Å². The molecule has 0 atom stereocenters. The molecule has 1 fully saturated rings. The number of nitro benzene ring substituents is 1. The molecule has 1 saturated heterocycles. The van der Waals surface area contributed by atoms with Crippen LogP contribution >= 0.6 is 11.8 Å². The number of carbonyl (C=O) groups is 1. The number of hydrogen-bond donors (Lipinski definition) is 2. The van der Waals surface area contributed by atoms with E-state index in [0.717, 1.165) is 49.0 Å². The first-order valence-electron chi connectivity index (χ1n) is 13.7. The Labute approximate surface area is 249 Å². The first kappa shape index (κ1) is 29.6. The maximum atomic E-state index is 13.0. The summed E-state index contributed by atoms with van der Waals surface area (Å²) in [7, 11) is -4.35. The number of benzene rings is 3. The lowest BCUT2D eigenvalue weighted by atomic mass is 9.86. The van der Waals surface area contributed by atoms with Crippen molar-refractivity contribution in [3.8, 4) is 0 Å². The lowest BCUT2D eigenvalue weighted by Crippen LogP contribution is -2.46. The second-order valence-corrected chi connectivity index (χ2v) is 13.0. The van der Waals surface area contributed by atoms with E-state index < -0.39 is 26.5 Å². The number of carbonyl (C=O) groups excluding carboxylic acids is 1. The number of ether oxygens (including phenoxy) is 1. The van der Waals surface area contributed by atoms with Crippen LogP contribution in [0.5, 0.6) is 0 Å². The van der Waals surface area contributed by atoms with Crippen LogP contribution in [0.4, 0.5) is 17.1 Å². The molecule has 2 aliphatic heterocycles. The van der Waals surface area contributed by atoms with Crippen molar-refractivity contribution in [1.29, 1.82) is 0 Å². The van der Waals surface area contributed by atoms with Gasteiger partial charge in [0.15, 0.2) is 0 Å². The molecule has 220 valence electrons. The average molecular weight is 609 g/mol. The van der Waals surface area contributed by atoms with Crippen LogP contribution in [0.25, 0.3) is 0 Å². The summed E-state index contributed by atoms with van der Waals surface area (Å²) in [5.74, 6) is -0.162. The standard InChI is InChI=1S/C30H32N4O6S2/c35-29(23-8-10-24(11-9-23)33-18-15-30(16-19-33)14-4-5-20-40-30)32-42(38,39)26-12-13-27(28(22-26)34(36)37)31-17-21-41-25-6-2-1-3-7-25/h1-13,22,31H,14-21H2,(H,32,35). The number of piperidine rings is 1. The second-order valence-electron chi connectivity index (χ2n) is 10.2. The Morgan fingerprint density at radius 1 is 1.02 bits per heavy atom. The molecule has 10 nitrogen and oxygen atoms in total. The summed E-state index contributed by atoms with van der Waals surface area (Å²) in [4.78, 5) is 26.8. The SMILES string of the molecule is O=C(NS(=O)(=O)c1ccc(NCCSc2ccccc2)c([N+](=O)[O-])c1)c1ccc(N2CCC3(CC=CCO3)CC2)cc1. The highest BCUT2D eigenvalue weighted by molar-refractivity contribution is 7.99. The zero-order valence-electron chi connectivity index (χ0n) is 22.9. The van der Waals surface area contributed by atoms with Gasteiger partial charge in [0, 0.05) is 47.6 Å². The molecule has 12 heteroatoms. The zero-order chi connectivity index (χ0) is 29.6. The number of amides is 1. The van der Waals surface area contributed by atoms with Crippen LogP contribution in [0, 0.1) is 10.1 Å². The Morgan fingerprint density at radius 2 is 1.76 bits per heavy atom. The molecule has 0 aromatic heterocycles. The average Bonchev–Trinajstić information content (AvgIpc) is 3.00. The van der Waals surface area contributed by atoms with Crippen molar-refractivity contribution < 1.29 is 22.9 Å². The molecule has 3 aromatic rings. The molecule has 0 unspecified atom stereocenters. The largest absolute Gasteiger partial charge is 0.379 e. The number of nitro groups is 1. The van der Waals surface area contributed by atoms with Gasteiger partial charge in [-0.3, -0.25) is 14.9 Å². The highest BCUT2D eigenvalue weighted by Crippen LogP contribution is 2.34. The molecule has 0 bridgehead atoms. The third-order valence-electron chi connectivity index (χ3n) is 7.44. The number of hydrogen-bond acceptors (Lipinski definition) is 9. The van der Waals surface area contributed by atoms with Crippen LogP contribution in [0.1, 0.15) is 29.6 Å². The third kappa shape index (κ3) is 7.12. The molecule has 0 aliphatic carbocycles. The summed E-state index contributed by atoms with van der Waals surface area (Å²) in [6.07, 6.45) is 6.96. The van der Waals surface area contributed by atoms with Gasteiger partial charge in [0.2, 0.25) is 0 Å². The topological polar surface area (TPSA) is 131 Å². The van der Waals surface area contributed by atoms with E-state index in [1.54, 1.807) is 36.0 Å². The molecule has 42 heavy (non-hydrogen) atoms. The normalized spacial score (nSPS) is 16.2. The maximum Gasteiger partial charge on any atom is 0.293 e. The number of nitrogens with one attached hydrogen (secondary N) is 2. The molecule has 1 spiro atoms. The fourth-order valence-electron chi connectivity index (χ4n) is 5.08. The number of anilines is 2. The van der Waals surface area contributed by atoms with E-state index in [1.165, 1.54) is 12.1 Å². The summed E-state index contributed by atoms with van der Waals surface area (Å²) in [5.41, 5.74) is 0.822. The summed E-state index contributed by atoms with van der Waals surface area (Å²) < 4.78 is 34.0. The predicted molar refractivity (Wildman–Crippen MR) is 164 cm³/mol. The van der Waals surface area contributed by atoms with Crippen molar-refractivity contribution in [2.45, 2.75) is 34.7 Å². The minimum atomic E-state index is -4.35. The van der Waals surface area contributed by atoms with Gasteiger partial charge in [-0.05, 0) is 67.8 Å². The van der Waals surface area contributed by atoms with Crippen molar-refractivity contribution in [2.75, 3.05) is 42.2 Å². The summed E-state index contributed by atoms with van der Waals surface area (Å²) >= 11 is 1.59. The first-order valence-corrected chi connectivity index (χ1v) is 16.1. The highest BCUT2D eigenvalue weighted by atomic mass is 32.2. The Bertz CT molecular complexity index is 1550. The van der Waals surface area contributed by atoms with Gasteiger partial charge in [-0.15, -0.1) is 11.8 Å². The van der Waals surface area contributed by atoms with Gasteiger partial charge in [0.1, 0.15) is 5.69 Å². The van der Waals surface area contributed by atoms with Gasteiger partial charge >= 0.3 is 0 Å². The van der Waals surface area contributed by atoms with Gasteiger partial charge in [0.25, 0.3) is 21.6 Å². The van der Waals surface area contributed by atoms with E-state index in [9.17, 15) is 23.3 Å². The van der Waals surface area contributed by atoms with Crippen LogP contribution in [0.3, 0.4) is 0 Å². The van der Waals surface area contributed by atoms with Crippen LogP contribution in [0.15, 0.2) is 94.7 Å². The highest BCUT2D eigenvalue weighted by Gasteiger charge is 2.35. The number of thioether (sulfide) groups is 1. The predicted octanol–water partition coefficient (Wildman–Crippen LogP) is 5.23. The van der Waals surface area contributed by atoms with E-state index in [1.807, 2.05) is 41.1 Å². The van der Waals surface area contributed by atoms with Gasteiger partial charge in [0.05, 0.1) is 22.0 Å². The maximum absolute atomic E-state index is 13.0. The molecular weight excluding hydrogens is 576 g/mol. The third-order valence-corrected chi connectivity index (χ3v) is 9.79. The summed E-state index contributed by atoms with van der Waals surface area (Å²) in [6, 6.07) is 20.0. The van der Waals surface area contributed by atoms with Crippen LogP contribution in [0.2, 0.25) is 0 Å². The smallest absolute Gasteiger partial charge is 0.293 e. The monoisotopic (exact) mass is 608 g/mol. The van der Waals surface area contributed by atoms with Crippen molar-refractivity contribution in [1.82, 2.24) is 4.72 Å². The fraction of sp³-hybridized carbons (Fsp3) is 0.300. The molecule has 2 N–H and O–H groups in total. The van der Waals surface area contributed by atoms with Crippen molar-refractivity contribution in [3.05, 3.63) is 101 Å². The Kier molecular flexibility index (Phi) is 9.15. The van der Waals surface area contributed by atoms with E-state index in [4.69, 9.17) is 4.74 Å². The lowest BCUT2D eigenvalue weighted by Gasteiger charge is -2.43. The minimum Gasteiger partial charge on any atom is -0.379 e. The van der Waals surface area contributed by atoms with Gasteiger partial charge in [-0.25, -0.2) is 13.1 Å². The Balaban J connectivity index is 1.19. The van der Waals surface area contributed by atoms with Crippen LogP contribution in [-0.2, 0) is 14.8 Å². The van der Waals surface area contributed by atoms with E-state index in [-0.39, 0.29) is 21.7 Å². The molecule has 2 heterocycles. The van der Waals surface area contributed by atoms with E-state index in [0.29, 0.717) is 18.9 Å². The summed E-state index contributed by atoms with van der Waals surface area (Å²) in [6.45, 7) is 2.73. The molecule has 0 radical (unpaired) electrons. The molecule has 0 saturated carbocycles. The number of rotatable bonds is 10. The van der Waals surface area contributed by atoms with E-state index in [2.05, 4.69) is 16.3 Å². The molecule has 3 aromatic carbocycles. The zero-order valence-corrected chi connectivity index (χ0v) is 24.5. The Morgan fingerprint density at radius 3 is 2.43 bits per heavy atom. The van der Waals surface area contributed by atoms with Gasteiger partial charge in [-0.1, -0.05) is 30.4 Å². The molecule has 1 amide bonds. The fourth-order valence-corrected chi connectivity index (χ4v) is 6.87. The first-order chi connectivity index (χ1) is 20.2. The Hall–Kier alpha value is -3.87. The van der Waals surface area contributed by atoms with Crippen molar-refractivity contribution in [3.63, 3.8) is 0 Å². The van der Waals surface area contributed by atoms with Gasteiger partial charge in [-0.2, -0.15) is 0 Å². The van der Waals surface area contributed by atoms with Crippen molar-refractivity contribution in [2.24, 2.45) is 0 Å².